The van der Waals surface area contributed by atoms with Crippen LogP contribution in [0.25, 0.3) is 16.6 Å². The van der Waals surface area contributed by atoms with Crippen molar-refractivity contribution in [1.82, 2.24) is 14.6 Å². The van der Waals surface area contributed by atoms with Crippen LogP contribution in [0.3, 0.4) is 0 Å². The molecule has 140 valence electrons. The summed E-state index contributed by atoms with van der Waals surface area (Å²) in [7, 11) is 0. The molecular formula is C19H11ClF2N4OS. The van der Waals surface area contributed by atoms with E-state index < -0.39 is 11.4 Å². The van der Waals surface area contributed by atoms with E-state index in [1.54, 1.807) is 24.3 Å². The van der Waals surface area contributed by atoms with Gasteiger partial charge >= 0.3 is 0 Å². The minimum absolute atomic E-state index is 0.0249. The first-order valence-electron chi connectivity index (χ1n) is 8.00. The van der Waals surface area contributed by atoms with Gasteiger partial charge in [-0.2, -0.15) is 10.1 Å². The monoisotopic (exact) mass is 416 g/mol. The quantitative estimate of drug-likeness (QED) is 0.500. The molecule has 2 aromatic carbocycles. The fourth-order valence-corrected chi connectivity index (χ4v) is 3.72. The van der Waals surface area contributed by atoms with Crippen LogP contribution < -0.4 is 11.3 Å². The van der Waals surface area contributed by atoms with Crippen molar-refractivity contribution in [3.63, 3.8) is 0 Å². The molecular weight excluding hydrogens is 406 g/mol. The van der Waals surface area contributed by atoms with Gasteiger partial charge in [0.15, 0.2) is 0 Å². The van der Waals surface area contributed by atoms with Gasteiger partial charge in [0.1, 0.15) is 23.0 Å². The first-order chi connectivity index (χ1) is 13.4. The second-order valence-electron chi connectivity index (χ2n) is 5.81. The number of hydrogen-bond acceptors (Lipinski definition) is 5. The lowest BCUT2D eigenvalue weighted by atomic mass is 10.0. The number of hydrogen-bond donors (Lipinski definition) is 1. The molecule has 2 N–H and O–H groups in total. The van der Waals surface area contributed by atoms with Crippen molar-refractivity contribution in [1.29, 1.82) is 0 Å². The molecule has 0 radical (unpaired) electrons. The van der Waals surface area contributed by atoms with E-state index in [0.29, 0.717) is 10.5 Å². The van der Waals surface area contributed by atoms with Crippen molar-refractivity contribution in [3.05, 3.63) is 81.9 Å². The number of aromatic nitrogens is 3. The third-order valence-corrected chi connectivity index (χ3v) is 5.34. The fourth-order valence-electron chi connectivity index (χ4n) is 2.70. The minimum Gasteiger partial charge on any atom is -0.398 e. The Bertz CT molecular complexity index is 1260. The molecule has 9 heteroatoms. The summed E-state index contributed by atoms with van der Waals surface area (Å²) >= 11 is 7.46. The highest BCUT2D eigenvalue weighted by atomic mass is 35.5. The topological polar surface area (TPSA) is 73.3 Å². The van der Waals surface area contributed by atoms with Crippen molar-refractivity contribution in [2.45, 2.75) is 9.92 Å². The third-order valence-electron chi connectivity index (χ3n) is 4.00. The highest BCUT2D eigenvalue weighted by Gasteiger charge is 2.19. The van der Waals surface area contributed by atoms with Gasteiger partial charge in [-0.25, -0.2) is 13.3 Å². The molecule has 0 fully saturated rings. The van der Waals surface area contributed by atoms with Crippen molar-refractivity contribution >= 4 is 34.6 Å². The zero-order valence-electron chi connectivity index (χ0n) is 14.1. The molecule has 0 aliphatic carbocycles. The molecule has 0 atom stereocenters. The molecule has 4 rings (SSSR count). The van der Waals surface area contributed by atoms with Gasteiger partial charge < -0.3 is 5.73 Å². The van der Waals surface area contributed by atoms with Gasteiger partial charge in [-0.1, -0.05) is 23.4 Å². The Labute approximate surface area is 166 Å². The van der Waals surface area contributed by atoms with Crippen molar-refractivity contribution < 1.29 is 8.78 Å². The van der Waals surface area contributed by atoms with E-state index >= 15 is 0 Å². The van der Waals surface area contributed by atoms with Gasteiger partial charge in [0.25, 0.3) is 5.56 Å². The lowest BCUT2D eigenvalue weighted by molar-refractivity contribution is 0.626. The molecule has 0 unspecified atom stereocenters. The van der Waals surface area contributed by atoms with E-state index in [-0.39, 0.29) is 27.7 Å². The van der Waals surface area contributed by atoms with Crippen molar-refractivity contribution in [2.75, 3.05) is 5.73 Å². The Hall–Kier alpha value is -2.97. The van der Waals surface area contributed by atoms with Crippen LogP contribution >= 0.6 is 23.4 Å². The Kier molecular flexibility index (Phi) is 4.74. The van der Waals surface area contributed by atoms with E-state index in [2.05, 4.69) is 10.1 Å². The van der Waals surface area contributed by atoms with Gasteiger partial charge in [0.05, 0.1) is 21.8 Å². The zero-order valence-corrected chi connectivity index (χ0v) is 15.6. The Morgan fingerprint density at radius 1 is 1.00 bits per heavy atom. The third kappa shape index (κ3) is 3.32. The van der Waals surface area contributed by atoms with Crippen LogP contribution in [0.15, 0.2) is 69.6 Å². The number of nitrogen functional groups attached to an aromatic ring is 1. The Morgan fingerprint density at radius 3 is 2.50 bits per heavy atom. The second kappa shape index (κ2) is 7.21. The average Bonchev–Trinajstić information content (AvgIpc) is 2.68. The summed E-state index contributed by atoms with van der Waals surface area (Å²) in [5, 5.41) is 4.91. The van der Waals surface area contributed by atoms with Crippen LogP contribution in [0.5, 0.6) is 0 Å². The summed E-state index contributed by atoms with van der Waals surface area (Å²) in [5.74, 6) is -1.01. The number of fused-ring (bicyclic) bond motifs is 1. The molecule has 0 spiro atoms. The van der Waals surface area contributed by atoms with Gasteiger partial charge in [0.2, 0.25) is 0 Å². The maximum atomic E-state index is 14.5. The van der Waals surface area contributed by atoms with Crippen LogP contribution in [0, 0.1) is 11.6 Å². The SMILES string of the molecule is Nc1ccc(F)c(-c2c(=O)ncn3nc(Sc4ccc(F)cc4)ccc23)c1Cl. The summed E-state index contributed by atoms with van der Waals surface area (Å²) in [6, 6.07) is 11.7. The van der Waals surface area contributed by atoms with E-state index in [1.165, 1.54) is 40.8 Å². The number of nitrogens with two attached hydrogens (primary N) is 1. The lowest BCUT2D eigenvalue weighted by Gasteiger charge is -2.11. The molecule has 2 aromatic heterocycles. The molecule has 0 amide bonds. The van der Waals surface area contributed by atoms with Crippen molar-refractivity contribution in [2.24, 2.45) is 0 Å². The average molecular weight is 417 g/mol. The number of benzene rings is 2. The van der Waals surface area contributed by atoms with Crippen LogP contribution in [0.4, 0.5) is 14.5 Å². The maximum Gasteiger partial charge on any atom is 0.281 e. The highest BCUT2D eigenvalue weighted by molar-refractivity contribution is 7.99. The van der Waals surface area contributed by atoms with Gasteiger partial charge in [-0.15, -0.1) is 0 Å². The Morgan fingerprint density at radius 2 is 1.75 bits per heavy atom. The first-order valence-corrected chi connectivity index (χ1v) is 9.19. The van der Waals surface area contributed by atoms with Crippen LogP contribution in [-0.4, -0.2) is 14.6 Å². The smallest absolute Gasteiger partial charge is 0.281 e. The molecule has 0 aliphatic heterocycles. The maximum absolute atomic E-state index is 14.5. The zero-order chi connectivity index (χ0) is 19.8. The van der Waals surface area contributed by atoms with E-state index in [0.717, 1.165) is 11.0 Å². The van der Waals surface area contributed by atoms with Crippen LogP contribution in [-0.2, 0) is 0 Å². The molecule has 0 bridgehead atoms. The van der Waals surface area contributed by atoms with E-state index in [4.69, 9.17) is 17.3 Å². The highest BCUT2D eigenvalue weighted by Crippen LogP contribution is 2.35. The van der Waals surface area contributed by atoms with Crippen LogP contribution in [0.2, 0.25) is 5.02 Å². The largest absolute Gasteiger partial charge is 0.398 e. The summed E-state index contributed by atoms with van der Waals surface area (Å²) in [6.45, 7) is 0. The molecule has 2 heterocycles. The number of rotatable bonds is 3. The number of halogens is 3. The van der Waals surface area contributed by atoms with Crippen molar-refractivity contribution in [3.8, 4) is 11.1 Å². The number of anilines is 1. The first kappa shape index (κ1) is 18.4. The molecule has 5 nitrogen and oxygen atoms in total. The van der Waals surface area contributed by atoms with Gasteiger partial charge in [-0.3, -0.25) is 4.79 Å². The Balaban J connectivity index is 1.86. The predicted octanol–water partition coefficient (Wildman–Crippen LogP) is 4.42. The molecule has 28 heavy (non-hydrogen) atoms. The van der Waals surface area contributed by atoms with Gasteiger partial charge in [-0.05, 0) is 48.5 Å². The molecule has 0 aliphatic rings. The molecule has 0 saturated heterocycles. The lowest BCUT2D eigenvalue weighted by Crippen LogP contribution is -2.14. The van der Waals surface area contributed by atoms with Crippen LogP contribution in [0.1, 0.15) is 0 Å². The van der Waals surface area contributed by atoms with E-state index in [9.17, 15) is 13.6 Å². The normalized spacial score (nSPS) is 11.1. The minimum atomic E-state index is -0.684. The predicted molar refractivity (Wildman–Crippen MR) is 105 cm³/mol. The number of nitrogens with zero attached hydrogens (tertiary/aromatic N) is 3. The molecule has 4 aromatic rings. The summed E-state index contributed by atoms with van der Waals surface area (Å²) < 4.78 is 28.9. The van der Waals surface area contributed by atoms with E-state index in [1.807, 2.05) is 0 Å². The summed E-state index contributed by atoms with van der Waals surface area (Å²) in [6.07, 6.45) is 1.24. The summed E-state index contributed by atoms with van der Waals surface area (Å²) in [5.41, 5.74) is 5.46. The molecule has 0 saturated carbocycles. The summed E-state index contributed by atoms with van der Waals surface area (Å²) in [4.78, 5) is 17.0. The second-order valence-corrected chi connectivity index (χ2v) is 7.28. The standard InChI is InChI=1S/C19H11ClF2N4OS/c20-18-13(23)6-5-12(22)16(18)17-14-7-8-15(25-26(14)9-24-19(17)27)28-11-3-1-10(21)2-4-11/h1-9H,23H2. The fraction of sp³-hybridized carbons (Fsp3) is 0. The van der Waals surface area contributed by atoms with Gasteiger partial charge in [0, 0.05) is 10.5 Å².